The van der Waals surface area contributed by atoms with Crippen LogP contribution in [0, 0.1) is 0 Å². The van der Waals surface area contributed by atoms with Crippen LogP contribution in [0.3, 0.4) is 0 Å². The van der Waals surface area contributed by atoms with Gasteiger partial charge in [0.05, 0.1) is 46.9 Å². The maximum atomic E-state index is 5.61. The van der Waals surface area contributed by atoms with Crippen molar-refractivity contribution in [2.24, 2.45) is 0 Å². The van der Waals surface area contributed by atoms with E-state index in [0.717, 1.165) is 98.6 Å². The summed E-state index contributed by atoms with van der Waals surface area (Å²) in [5.74, 6) is 4.74. The zero-order valence-electron chi connectivity index (χ0n) is 32.1. The van der Waals surface area contributed by atoms with Crippen LogP contribution < -0.4 is 28.4 Å². The number of benzene rings is 6. The highest BCUT2D eigenvalue weighted by Crippen LogP contribution is 2.61. The second-order valence-corrected chi connectivity index (χ2v) is 14.9. The Morgan fingerprint density at radius 2 is 0.446 bits per heavy atom. The van der Waals surface area contributed by atoms with Gasteiger partial charge in [-0.25, -0.2) is 0 Å². The van der Waals surface area contributed by atoms with Crippen molar-refractivity contribution in [3.05, 3.63) is 193 Å². The highest BCUT2D eigenvalue weighted by Gasteiger charge is 2.32. The molecule has 6 aromatic rings. The lowest BCUT2D eigenvalue weighted by atomic mass is 9.93. The Kier molecular flexibility index (Phi) is 12.1. The molecule has 1 fully saturated rings. The summed E-state index contributed by atoms with van der Waals surface area (Å²) in [6.07, 6.45) is 0. The summed E-state index contributed by atoms with van der Waals surface area (Å²) in [7, 11) is 10.1. The summed E-state index contributed by atoms with van der Waals surface area (Å²) in [5.41, 5.74) is 9.62. The van der Waals surface area contributed by atoms with Gasteiger partial charge >= 0.3 is 0 Å². The smallest absolute Gasteiger partial charge is 0.118 e. The van der Waals surface area contributed by atoms with E-state index in [1.807, 2.05) is 72.8 Å². The molecule has 0 aliphatic carbocycles. The van der Waals surface area contributed by atoms with Gasteiger partial charge in [-0.15, -0.1) is 0 Å². The molecule has 0 unspecified atom stereocenters. The molecule has 0 amide bonds. The van der Waals surface area contributed by atoms with Gasteiger partial charge in [-0.3, -0.25) is 0 Å². The van der Waals surface area contributed by atoms with Crippen LogP contribution in [-0.4, -0.2) is 42.7 Å². The molecule has 0 N–H and O–H groups in total. The molecule has 0 bridgehead atoms. The average Bonchev–Trinajstić information content (AvgIpc) is 3.68. The minimum Gasteiger partial charge on any atom is -0.497 e. The Labute approximate surface area is 337 Å². The molecule has 0 aromatic heterocycles. The van der Waals surface area contributed by atoms with E-state index < -0.39 is 0 Å². The lowest BCUT2D eigenvalue weighted by molar-refractivity contribution is 0.414. The number of hydrogen-bond donors (Lipinski definition) is 0. The van der Waals surface area contributed by atoms with Crippen molar-refractivity contribution < 1.29 is 28.4 Å². The maximum absolute atomic E-state index is 5.61. The van der Waals surface area contributed by atoms with Crippen LogP contribution in [0.1, 0.15) is 33.4 Å². The van der Waals surface area contributed by atoms with Gasteiger partial charge < -0.3 is 28.4 Å². The van der Waals surface area contributed by atoms with E-state index in [-0.39, 0.29) is 0 Å². The summed E-state index contributed by atoms with van der Waals surface area (Å²) in [4.78, 5) is 2.22. The molecule has 0 radical (unpaired) electrons. The normalized spacial score (nSPS) is 12.2. The summed E-state index contributed by atoms with van der Waals surface area (Å²) >= 11 is 3.55. The van der Waals surface area contributed by atoms with E-state index >= 15 is 0 Å². The van der Waals surface area contributed by atoms with Crippen LogP contribution in [0.5, 0.6) is 34.5 Å². The Bertz CT molecular complexity index is 2090. The van der Waals surface area contributed by atoms with Crippen molar-refractivity contribution in [2.45, 2.75) is 0 Å². The summed E-state index contributed by atoms with van der Waals surface area (Å²) in [5, 5.41) is 0. The molecule has 282 valence electrons. The van der Waals surface area contributed by atoms with Crippen molar-refractivity contribution in [1.29, 1.82) is 0 Å². The van der Waals surface area contributed by atoms with Crippen molar-refractivity contribution in [1.82, 2.24) is 0 Å². The van der Waals surface area contributed by atoms with Gasteiger partial charge in [-0.2, -0.15) is 0 Å². The van der Waals surface area contributed by atoms with E-state index in [1.165, 1.54) is 0 Å². The van der Waals surface area contributed by atoms with Gasteiger partial charge in [0.15, 0.2) is 0 Å². The van der Waals surface area contributed by atoms with Crippen molar-refractivity contribution in [2.75, 3.05) is 42.7 Å². The van der Waals surface area contributed by atoms with Crippen LogP contribution in [-0.2, 0) is 0 Å². The molecule has 1 saturated heterocycles. The van der Waals surface area contributed by atoms with Gasteiger partial charge in [-0.05, 0) is 106 Å². The number of ether oxygens (including phenoxy) is 6. The summed E-state index contributed by atoms with van der Waals surface area (Å²) < 4.78 is 34.7. The molecule has 7 rings (SSSR count). The second kappa shape index (κ2) is 17.7. The third-order valence-corrected chi connectivity index (χ3v) is 12.2. The molecule has 8 heteroatoms. The van der Waals surface area contributed by atoms with E-state index in [9.17, 15) is 0 Å². The van der Waals surface area contributed by atoms with Crippen LogP contribution in [0.4, 0.5) is 0 Å². The summed E-state index contributed by atoms with van der Waals surface area (Å²) in [6.45, 7) is 0. The molecule has 1 aliphatic rings. The van der Waals surface area contributed by atoms with Crippen LogP contribution >= 0.6 is 23.5 Å². The monoisotopic (exact) mass is 778 g/mol. The number of rotatable bonds is 12. The van der Waals surface area contributed by atoms with Crippen molar-refractivity contribution >= 4 is 40.2 Å². The fourth-order valence-electron chi connectivity index (χ4n) is 6.54. The number of hydrogen-bond acceptors (Lipinski definition) is 8. The minimum atomic E-state index is 0.788. The third kappa shape index (κ3) is 8.17. The topological polar surface area (TPSA) is 55.4 Å². The minimum absolute atomic E-state index is 0.788. The second-order valence-electron chi connectivity index (χ2n) is 12.6. The Balaban J connectivity index is 1.61. The molecule has 56 heavy (non-hydrogen) atoms. The van der Waals surface area contributed by atoms with E-state index in [4.69, 9.17) is 28.4 Å². The lowest BCUT2D eigenvalue weighted by Gasteiger charge is -2.18. The Morgan fingerprint density at radius 3 is 0.625 bits per heavy atom. The quantitative estimate of drug-likeness (QED) is 0.122. The molecule has 0 atom stereocenters. The lowest BCUT2D eigenvalue weighted by Crippen LogP contribution is -1.97. The zero-order chi connectivity index (χ0) is 39.0. The fourth-order valence-corrected chi connectivity index (χ4v) is 9.56. The molecular weight excluding hydrogens is 737 g/mol. The van der Waals surface area contributed by atoms with Gasteiger partial charge in [0.25, 0.3) is 0 Å². The Hall–Kier alpha value is -5.96. The first kappa shape index (κ1) is 38.3. The first-order valence-corrected chi connectivity index (χ1v) is 19.6. The zero-order valence-corrected chi connectivity index (χ0v) is 33.8. The maximum Gasteiger partial charge on any atom is 0.118 e. The molecular formula is C48H42O6S2. The fraction of sp³-hybridized carbons (Fsp3) is 0.125. The highest BCUT2D eigenvalue weighted by atomic mass is 32.2. The van der Waals surface area contributed by atoms with Crippen LogP contribution in [0.2, 0.25) is 0 Å². The first-order valence-electron chi connectivity index (χ1n) is 17.9. The number of methoxy groups -OCH3 is 6. The van der Waals surface area contributed by atoms with Gasteiger partial charge in [0.1, 0.15) is 34.5 Å². The van der Waals surface area contributed by atoms with E-state index in [0.29, 0.717) is 0 Å². The van der Waals surface area contributed by atoms with Gasteiger partial charge in [0.2, 0.25) is 0 Å². The predicted octanol–water partition coefficient (Wildman–Crippen LogP) is 11.9. The predicted molar refractivity (Wildman–Crippen MR) is 231 cm³/mol. The van der Waals surface area contributed by atoms with Gasteiger partial charge in [-0.1, -0.05) is 96.3 Å². The van der Waals surface area contributed by atoms with Crippen molar-refractivity contribution in [3.63, 3.8) is 0 Å². The molecule has 6 aromatic carbocycles. The first-order chi connectivity index (χ1) is 27.5. The SMILES string of the molecule is COc1ccc(C(=C2SC(=C(c3ccc(OC)cc3)c3ccc(OC)cc3)C(=C(c3ccc(OC)cc3)c3ccc(OC)cc3)S2)c2ccc(OC)cc2)cc1. The standard InChI is InChI=1S/C48H42O6S2/c1-49-37-19-7-31(8-20-37)43(32-9-21-38(50-2)22-10-32)46-47(44(33-11-23-39(51-3)24-12-33)34-13-25-40(52-4)26-14-34)56-48(55-46)45(35-15-27-41(53-5)28-16-35)36-17-29-42(54-6)30-18-36/h7-30H,1-6H3. The Morgan fingerprint density at radius 1 is 0.268 bits per heavy atom. The molecule has 0 saturated carbocycles. The average molecular weight is 779 g/mol. The highest BCUT2D eigenvalue weighted by molar-refractivity contribution is 8.30. The molecule has 1 heterocycles. The van der Waals surface area contributed by atoms with Crippen LogP contribution in [0.15, 0.2) is 160 Å². The van der Waals surface area contributed by atoms with Gasteiger partial charge in [0, 0.05) is 26.5 Å². The third-order valence-electron chi connectivity index (χ3n) is 9.53. The molecule has 6 nitrogen and oxygen atoms in total. The van der Waals surface area contributed by atoms with Crippen molar-refractivity contribution in [3.8, 4) is 34.5 Å². The number of thioether (sulfide) groups is 2. The molecule has 0 spiro atoms. The van der Waals surface area contributed by atoms with E-state index in [2.05, 4.69) is 72.8 Å². The largest absolute Gasteiger partial charge is 0.497 e. The van der Waals surface area contributed by atoms with Crippen LogP contribution in [0.25, 0.3) is 16.7 Å². The summed E-state index contributed by atoms with van der Waals surface area (Å²) in [6, 6.07) is 49.7. The molecule has 1 aliphatic heterocycles. The van der Waals surface area contributed by atoms with E-state index in [1.54, 1.807) is 66.2 Å².